The number of amides is 1. The number of aromatic hydroxyl groups is 1. The lowest BCUT2D eigenvalue weighted by molar-refractivity contribution is 0.00578. The van der Waals surface area contributed by atoms with Gasteiger partial charge in [0.2, 0.25) is 0 Å². The second-order valence-electron chi connectivity index (χ2n) is 11.7. The molecule has 6 rings (SSSR count). The Labute approximate surface area is 241 Å². The summed E-state index contributed by atoms with van der Waals surface area (Å²) in [7, 11) is -0.716. The average molecular weight is 547 g/mol. The van der Waals surface area contributed by atoms with Crippen LogP contribution >= 0.6 is 0 Å². The zero-order chi connectivity index (χ0) is 28.8. The number of nitrogens with one attached hydrogen (secondary N) is 1. The summed E-state index contributed by atoms with van der Waals surface area (Å²) in [5, 5.41) is 15.6. The molecular formula is C34H34BNO5. The number of fused-ring (bicyclic) bond motifs is 4. The molecule has 1 saturated heterocycles. The number of ether oxygens (including phenoxy) is 1. The molecular weight excluding hydrogens is 513 g/mol. The van der Waals surface area contributed by atoms with Crippen LogP contribution in [0, 0.1) is 0 Å². The minimum absolute atomic E-state index is 0.0288. The van der Waals surface area contributed by atoms with Crippen molar-refractivity contribution in [1.29, 1.82) is 0 Å². The van der Waals surface area contributed by atoms with E-state index < -0.39 is 24.4 Å². The van der Waals surface area contributed by atoms with E-state index >= 15 is 0 Å². The summed E-state index contributed by atoms with van der Waals surface area (Å²) in [5.41, 5.74) is 4.85. The van der Waals surface area contributed by atoms with Crippen molar-refractivity contribution in [3.8, 4) is 16.9 Å². The number of rotatable bonds is 6. The van der Waals surface area contributed by atoms with E-state index in [1.165, 1.54) is 11.1 Å². The van der Waals surface area contributed by atoms with Gasteiger partial charge < -0.3 is 24.5 Å². The number of carbonyl (C=O) groups excluding carboxylic acids is 1. The van der Waals surface area contributed by atoms with Crippen LogP contribution in [-0.4, -0.2) is 42.7 Å². The Morgan fingerprint density at radius 1 is 0.878 bits per heavy atom. The lowest BCUT2D eigenvalue weighted by Crippen LogP contribution is -2.41. The summed E-state index contributed by atoms with van der Waals surface area (Å²) in [6.07, 6.45) is 1.32. The van der Waals surface area contributed by atoms with Crippen molar-refractivity contribution in [2.24, 2.45) is 0 Å². The number of alkyl carbamates (subject to hydrolysis) is 1. The molecule has 4 aromatic rings. The van der Waals surface area contributed by atoms with Crippen LogP contribution in [0.4, 0.5) is 4.79 Å². The Kier molecular flexibility index (Phi) is 6.88. The molecule has 1 amide bonds. The maximum Gasteiger partial charge on any atom is 0.492 e. The first-order chi connectivity index (χ1) is 19.6. The van der Waals surface area contributed by atoms with Crippen LogP contribution in [-0.2, 0) is 14.0 Å². The second kappa shape index (κ2) is 10.4. The topological polar surface area (TPSA) is 77.0 Å². The first-order valence-electron chi connectivity index (χ1n) is 14.0. The molecule has 41 heavy (non-hydrogen) atoms. The fraction of sp³-hybridized carbons (Fsp3) is 0.265. The lowest BCUT2D eigenvalue weighted by Gasteiger charge is -2.32. The molecule has 7 heteroatoms. The van der Waals surface area contributed by atoms with Gasteiger partial charge in [-0.2, -0.15) is 0 Å². The fourth-order valence-corrected chi connectivity index (χ4v) is 5.64. The van der Waals surface area contributed by atoms with Gasteiger partial charge in [-0.05, 0) is 72.3 Å². The molecule has 6 nitrogen and oxygen atoms in total. The average Bonchev–Trinajstić information content (AvgIpc) is 3.39. The summed E-state index contributed by atoms with van der Waals surface area (Å²) in [5.74, 6) is 0.109. The number of benzene rings is 4. The quantitative estimate of drug-likeness (QED) is 0.252. The number of phenolic OH excluding ortho intramolecular Hbond substituents is 1. The van der Waals surface area contributed by atoms with Crippen molar-refractivity contribution in [3.05, 3.63) is 107 Å². The van der Waals surface area contributed by atoms with Gasteiger partial charge in [-0.3, -0.25) is 0 Å². The summed E-state index contributed by atoms with van der Waals surface area (Å²) >= 11 is 0. The van der Waals surface area contributed by atoms with Crippen molar-refractivity contribution >= 4 is 30.1 Å². The molecule has 0 bridgehead atoms. The van der Waals surface area contributed by atoms with Crippen molar-refractivity contribution in [3.63, 3.8) is 0 Å². The molecule has 208 valence electrons. The standard InChI is InChI=1S/C34H34BNO5/c1-33(2)34(3,4)41-35(40-33)23(19-29-24-12-6-5-11-22(24)17-18-31(29)37)20-36-32(38)39-21-30-27-15-9-7-13-25(27)26-14-8-10-16-28(26)30/h5-19,30,37H,20-21H2,1-4H3,(H,36,38). The van der Waals surface area contributed by atoms with Crippen molar-refractivity contribution in [1.82, 2.24) is 5.32 Å². The van der Waals surface area contributed by atoms with Gasteiger partial charge in [0.05, 0.1) is 11.2 Å². The highest BCUT2D eigenvalue weighted by molar-refractivity contribution is 6.56. The van der Waals surface area contributed by atoms with Crippen LogP contribution in [0.3, 0.4) is 0 Å². The first-order valence-corrected chi connectivity index (χ1v) is 14.0. The van der Waals surface area contributed by atoms with Crippen LogP contribution in [0.25, 0.3) is 28.0 Å². The minimum Gasteiger partial charge on any atom is -0.507 e. The molecule has 1 aliphatic heterocycles. The number of phenols is 1. The van der Waals surface area contributed by atoms with E-state index in [0.717, 1.165) is 21.9 Å². The maximum absolute atomic E-state index is 13.0. The predicted molar refractivity (Wildman–Crippen MR) is 163 cm³/mol. The van der Waals surface area contributed by atoms with E-state index in [9.17, 15) is 9.90 Å². The van der Waals surface area contributed by atoms with E-state index in [0.29, 0.717) is 11.0 Å². The molecule has 0 aromatic heterocycles. The van der Waals surface area contributed by atoms with E-state index in [1.54, 1.807) is 6.07 Å². The highest BCUT2D eigenvalue weighted by Gasteiger charge is 2.52. The summed E-state index contributed by atoms with van der Waals surface area (Å²) in [4.78, 5) is 13.0. The van der Waals surface area contributed by atoms with Gasteiger partial charge in [-0.15, -0.1) is 0 Å². The number of carbonyl (C=O) groups is 1. The minimum atomic E-state index is -0.716. The van der Waals surface area contributed by atoms with Gasteiger partial charge in [0, 0.05) is 18.0 Å². The fourth-order valence-electron chi connectivity index (χ4n) is 5.64. The zero-order valence-corrected chi connectivity index (χ0v) is 23.8. The third-order valence-corrected chi connectivity index (χ3v) is 8.61. The first kappa shape index (κ1) is 27.1. The molecule has 0 radical (unpaired) electrons. The van der Waals surface area contributed by atoms with Gasteiger partial charge in [-0.1, -0.05) is 84.9 Å². The van der Waals surface area contributed by atoms with E-state index in [4.69, 9.17) is 14.0 Å². The Morgan fingerprint density at radius 2 is 1.46 bits per heavy atom. The Morgan fingerprint density at radius 3 is 2.12 bits per heavy atom. The number of hydrogen-bond acceptors (Lipinski definition) is 5. The van der Waals surface area contributed by atoms with Gasteiger partial charge in [0.15, 0.2) is 0 Å². The predicted octanol–water partition coefficient (Wildman–Crippen LogP) is 7.10. The van der Waals surface area contributed by atoms with E-state index in [1.807, 2.05) is 88.4 Å². The molecule has 4 aromatic carbocycles. The van der Waals surface area contributed by atoms with Crippen LogP contribution in [0.5, 0.6) is 5.75 Å². The molecule has 0 spiro atoms. The second-order valence-corrected chi connectivity index (χ2v) is 11.7. The molecule has 0 unspecified atom stereocenters. The van der Waals surface area contributed by atoms with Gasteiger partial charge in [-0.25, -0.2) is 4.79 Å². The van der Waals surface area contributed by atoms with Crippen LogP contribution < -0.4 is 5.32 Å². The highest BCUT2D eigenvalue weighted by atomic mass is 16.7. The van der Waals surface area contributed by atoms with Gasteiger partial charge in [0.25, 0.3) is 0 Å². The molecule has 1 heterocycles. The maximum atomic E-state index is 13.0. The van der Waals surface area contributed by atoms with Gasteiger partial charge in [0.1, 0.15) is 12.4 Å². The highest BCUT2D eigenvalue weighted by Crippen LogP contribution is 2.44. The summed E-state index contributed by atoms with van der Waals surface area (Å²) in [6.45, 7) is 8.28. The summed E-state index contributed by atoms with van der Waals surface area (Å²) < 4.78 is 18.4. The Hall–Kier alpha value is -4.07. The number of hydrogen-bond donors (Lipinski definition) is 2. The monoisotopic (exact) mass is 547 g/mol. The van der Waals surface area contributed by atoms with Crippen LogP contribution in [0.2, 0.25) is 0 Å². The molecule has 2 aliphatic rings. The molecule has 0 atom stereocenters. The zero-order valence-electron chi connectivity index (χ0n) is 23.8. The van der Waals surface area contributed by atoms with Crippen LogP contribution in [0.1, 0.15) is 50.3 Å². The lowest BCUT2D eigenvalue weighted by atomic mass is 9.76. The normalized spacial score (nSPS) is 17.4. The van der Waals surface area contributed by atoms with Crippen molar-refractivity contribution in [2.75, 3.05) is 13.2 Å². The SMILES string of the molecule is CC1(C)OB(C(=Cc2c(O)ccc3ccccc23)CNC(=O)OCC2c3ccccc3-c3ccccc32)OC1(C)C. The molecule has 1 fully saturated rings. The third kappa shape index (κ3) is 5.00. The Balaban J connectivity index is 1.23. The van der Waals surface area contributed by atoms with E-state index in [-0.39, 0.29) is 24.8 Å². The third-order valence-electron chi connectivity index (χ3n) is 8.61. The molecule has 1 aliphatic carbocycles. The largest absolute Gasteiger partial charge is 0.507 e. The van der Waals surface area contributed by atoms with Gasteiger partial charge >= 0.3 is 13.2 Å². The van der Waals surface area contributed by atoms with Crippen LogP contribution in [0.15, 0.2) is 90.4 Å². The van der Waals surface area contributed by atoms with E-state index in [2.05, 4.69) is 29.6 Å². The Bertz CT molecular complexity index is 1600. The smallest absolute Gasteiger partial charge is 0.492 e. The van der Waals surface area contributed by atoms with Crippen molar-refractivity contribution in [2.45, 2.75) is 44.8 Å². The molecule has 0 saturated carbocycles. The molecule has 2 N–H and O–H groups in total. The summed E-state index contributed by atoms with van der Waals surface area (Å²) in [6, 6.07) is 27.9. The van der Waals surface area contributed by atoms with Crippen molar-refractivity contribution < 1.29 is 23.9 Å².